The van der Waals surface area contributed by atoms with Crippen LogP contribution in [0.3, 0.4) is 0 Å². The summed E-state index contributed by atoms with van der Waals surface area (Å²) in [6, 6.07) is 14.3. The number of carbonyl (C=O) groups is 1. The number of rotatable bonds is 6. The minimum Gasteiger partial charge on any atom is -0.494 e. The van der Waals surface area contributed by atoms with Crippen molar-refractivity contribution in [2.24, 2.45) is 0 Å². The van der Waals surface area contributed by atoms with Crippen LogP contribution in [0, 0.1) is 0 Å². The number of para-hydroxylation sites is 1. The molecule has 150 valence electrons. The van der Waals surface area contributed by atoms with Gasteiger partial charge in [0.2, 0.25) is 21.6 Å². The van der Waals surface area contributed by atoms with Crippen molar-refractivity contribution < 1.29 is 22.4 Å². The van der Waals surface area contributed by atoms with Gasteiger partial charge in [0.25, 0.3) is 0 Å². The van der Waals surface area contributed by atoms with Crippen LogP contribution < -0.4 is 9.64 Å². The van der Waals surface area contributed by atoms with Crippen LogP contribution in [0.15, 0.2) is 58.2 Å². The second-order valence-electron chi connectivity index (χ2n) is 6.51. The van der Waals surface area contributed by atoms with E-state index in [2.05, 4.69) is 10.2 Å². The molecule has 0 fully saturated rings. The van der Waals surface area contributed by atoms with Crippen molar-refractivity contribution in [2.45, 2.75) is 18.6 Å². The summed E-state index contributed by atoms with van der Waals surface area (Å²) >= 11 is 0. The zero-order valence-electron chi connectivity index (χ0n) is 15.7. The van der Waals surface area contributed by atoms with Gasteiger partial charge < -0.3 is 14.1 Å². The lowest BCUT2D eigenvalue weighted by Crippen LogP contribution is -2.34. The topological polar surface area (TPSA) is 103 Å². The molecule has 0 unspecified atom stereocenters. The Morgan fingerprint density at radius 3 is 2.66 bits per heavy atom. The Morgan fingerprint density at radius 2 is 1.90 bits per heavy atom. The van der Waals surface area contributed by atoms with E-state index in [1.54, 1.807) is 24.3 Å². The summed E-state index contributed by atoms with van der Waals surface area (Å²) in [6.07, 6.45) is 0.699. The summed E-state index contributed by atoms with van der Waals surface area (Å²) in [6.45, 7) is 2.87. The number of hydrogen-bond acceptors (Lipinski definition) is 7. The Labute approximate surface area is 168 Å². The van der Waals surface area contributed by atoms with Gasteiger partial charge >= 0.3 is 5.22 Å². The number of nitrogens with zero attached hydrogens (tertiary/aromatic N) is 3. The first-order valence-corrected chi connectivity index (χ1v) is 10.8. The normalized spacial score (nSPS) is 13.3. The van der Waals surface area contributed by atoms with Crippen LogP contribution in [0.1, 0.15) is 12.5 Å². The van der Waals surface area contributed by atoms with Crippen LogP contribution in [0.2, 0.25) is 0 Å². The Balaban J connectivity index is 1.50. The van der Waals surface area contributed by atoms with E-state index >= 15 is 0 Å². The maximum Gasteiger partial charge on any atom is 0.336 e. The fourth-order valence-corrected chi connectivity index (χ4v) is 4.19. The highest BCUT2D eigenvalue weighted by Gasteiger charge is 2.31. The molecule has 0 saturated heterocycles. The molecule has 0 aliphatic carbocycles. The number of sulfone groups is 1. The van der Waals surface area contributed by atoms with Crippen molar-refractivity contribution >= 4 is 21.4 Å². The minimum absolute atomic E-state index is 0.0607. The number of carbonyl (C=O) groups excluding carboxylic acids is 1. The van der Waals surface area contributed by atoms with Gasteiger partial charge in [0.05, 0.1) is 6.61 Å². The van der Waals surface area contributed by atoms with Gasteiger partial charge in [-0.25, -0.2) is 8.42 Å². The number of benzene rings is 2. The number of amides is 1. The second-order valence-corrected chi connectivity index (χ2v) is 8.38. The van der Waals surface area contributed by atoms with Gasteiger partial charge in [-0.1, -0.05) is 23.3 Å². The van der Waals surface area contributed by atoms with Crippen molar-refractivity contribution in [2.75, 3.05) is 23.8 Å². The van der Waals surface area contributed by atoms with E-state index in [4.69, 9.17) is 9.15 Å². The molecule has 0 N–H and O–H groups in total. The molecule has 29 heavy (non-hydrogen) atoms. The van der Waals surface area contributed by atoms with E-state index in [9.17, 15) is 13.2 Å². The van der Waals surface area contributed by atoms with Gasteiger partial charge in [-0.3, -0.25) is 4.79 Å². The minimum atomic E-state index is -4.06. The molecule has 0 radical (unpaired) electrons. The molecule has 4 rings (SSSR count). The Hall–Kier alpha value is -3.20. The third-order valence-corrected chi connectivity index (χ3v) is 5.91. The highest BCUT2D eigenvalue weighted by molar-refractivity contribution is 7.91. The van der Waals surface area contributed by atoms with Crippen LogP contribution >= 0.6 is 0 Å². The predicted molar refractivity (Wildman–Crippen MR) is 105 cm³/mol. The molecule has 8 nitrogen and oxygen atoms in total. The van der Waals surface area contributed by atoms with Gasteiger partial charge in [-0.05, 0) is 49.2 Å². The van der Waals surface area contributed by atoms with Crippen molar-refractivity contribution in [3.05, 3.63) is 54.1 Å². The Kier molecular flexibility index (Phi) is 5.06. The lowest BCUT2D eigenvalue weighted by Gasteiger charge is -2.16. The Morgan fingerprint density at radius 1 is 1.14 bits per heavy atom. The molecule has 0 spiro atoms. The molecule has 1 aliphatic heterocycles. The van der Waals surface area contributed by atoms with Crippen molar-refractivity contribution in [1.82, 2.24) is 10.2 Å². The average Bonchev–Trinajstić information content (AvgIpc) is 3.36. The van der Waals surface area contributed by atoms with Crippen LogP contribution in [0.25, 0.3) is 11.5 Å². The summed E-state index contributed by atoms with van der Waals surface area (Å²) in [5.41, 5.74) is 2.32. The van der Waals surface area contributed by atoms with Crippen molar-refractivity contribution in [3.63, 3.8) is 0 Å². The monoisotopic (exact) mass is 413 g/mol. The molecule has 1 amide bonds. The van der Waals surface area contributed by atoms with E-state index in [0.29, 0.717) is 30.9 Å². The second kappa shape index (κ2) is 7.67. The molecule has 0 atom stereocenters. The molecule has 1 aromatic heterocycles. The van der Waals surface area contributed by atoms with Crippen LogP contribution in [0.5, 0.6) is 5.75 Å². The number of fused-ring (bicyclic) bond motifs is 1. The summed E-state index contributed by atoms with van der Waals surface area (Å²) < 4.78 is 36.0. The standard InChI is InChI=1S/C20H19N3O5S/c1-2-27-16-9-7-15(8-10-16)19-21-22-20(28-19)29(25,26)13-18(24)23-12-11-14-5-3-4-6-17(14)23/h3-10H,2,11-13H2,1H3. The lowest BCUT2D eigenvalue weighted by atomic mass is 10.2. The van der Waals surface area contributed by atoms with Gasteiger partial charge in [-0.2, -0.15) is 0 Å². The molecule has 1 aliphatic rings. The maximum absolute atomic E-state index is 12.6. The molecule has 0 bridgehead atoms. The van der Waals surface area contributed by atoms with Gasteiger partial charge in [0.15, 0.2) is 0 Å². The molecular formula is C20H19N3O5S. The van der Waals surface area contributed by atoms with E-state index < -0.39 is 26.7 Å². The SMILES string of the molecule is CCOc1ccc(-c2nnc(S(=O)(=O)CC(=O)N3CCc4ccccc43)o2)cc1. The fourth-order valence-electron chi connectivity index (χ4n) is 3.21. The first kappa shape index (κ1) is 19.1. The zero-order valence-corrected chi connectivity index (χ0v) is 16.6. The van der Waals surface area contributed by atoms with Gasteiger partial charge in [0, 0.05) is 17.8 Å². The van der Waals surface area contributed by atoms with Crippen molar-refractivity contribution in [3.8, 4) is 17.2 Å². The van der Waals surface area contributed by atoms with E-state index in [0.717, 1.165) is 11.3 Å². The number of anilines is 1. The number of ether oxygens (including phenoxy) is 1. The van der Waals surface area contributed by atoms with Crippen LogP contribution in [-0.2, 0) is 21.1 Å². The third-order valence-electron chi connectivity index (χ3n) is 4.59. The Bertz CT molecular complexity index is 1140. The first-order chi connectivity index (χ1) is 14.0. The molecule has 0 saturated carbocycles. The van der Waals surface area contributed by atoms with Crippen LogP contribution in [0.4, 0.5) is 5.69 Å². The first-order valence-electron chi connectivity index (χ1n) is 9.15. The quantitative estimate of drug-likeness (QED) is 0.612. The summed E-state index contributed by atoms with van der Waals surface area (Å²) in [5, 5.41) is 6.88. The van der Waals surface area contributed by atoms with Crippen molar-refractivity contribution in [1.29, 1.82) is 0 Å². The molecule has 2 aromatic carbocycles. The van der Waals surface area contributed by atoms with Crippen LogP contribution in [-0.4, -0.2) is 43.4 Å². The molecular weight excluding hydrogens is 394 g/mol. The maximum atomic E-state index is 12.6. The number of hydrogen-bond donors (Lipinski definition) is 0. The lowest BCUT2D eigenvalue weighted by molar-refractivity contribution is -0.116. The van der Waals surface area contributed by atoms with E-state index in [-0.39, 0.29) is 5.89 Å². The zero-order chi connectivity index (χ0) is 20.4. The fraction of sp³-hybridized carbons (Fsp3) is 0.250. The highest BCUT2D eigenvalue weighted by Crippen LogP contribution is 2.28. The molecule has 9 heteroatoms. The van der Waals surface area contributed by atoms with Gasteiger partial charge in [0.1, 0.15) is 11.5 Å². The summed E-state index contributed by atoms with van der Waals surface area (Å²) in [5.74, 6) is -0.506. The summed E-state index contributed by atoms with van der Waals surface area (Å²) in [4.78, 5) is 14.1. The third kappa shape index (κ3) is 3.86. The summed E-state index contributed by atoms with van der Waals surface area (Å²) in [7, 11) is -4.06. The molecule has 2 heterocycles. The molecule has 3 aromatic rings. The van der Waals surface area contributed by atoms with Gasteiger partial charge in [-0.15, -0.1) is 5.10 Å². The number of aromatic nitrogens is 2. The smallest absolute Gasteiger partial charge is 0.336 e. The predicted octanol–water partition coefficient (Wildman–Crippen LogP) is 2.50. The largest absolute Gasteiger partial charge is 0.494 e. The average molecular weight is 413 g/mol. The van der Waals surface area contributed by atoms with E-state index in [1.807, 2.05) is 31.2 Å². The van der Waals surface area contributed by atoms with E-state index in [1.165, 1.54) is 4.90 Å². The highest BCUT2D eigenvalue weighted by atomic mass is 32.2.